The summed E-state index contributed by atoms with van der Waals surface area (Å²) >= 11 is 0. The Balaban J connectivity index is 1.96. The van der Waals surface area contributed by atoms with Gasteiger partial charge in [-0.1, -0.05) is 19.1 Å². The van der Waals surface area contributed by atoms with Gasteiger partial charge in [-0.3, -0.25) is 4.79 Å². The van der Waals surface area contributed by atoms with Gasteiger partial charge in [0, 0.05) is 6.54 Å². The van der Waals surface area contributed by atoms with Crippen LogP contribution >= 0.6 is 0 Å². The van der Waals surface area contributed by atoms with Gasteiger partial charge in [-0.15, -0.1) is 0 Å². The van der Waals surface area contributed by atoms with E-state index in [0.29, 0.717) is 18.9 Å². The first-order valence-electron chi connectivity index (χ1n) is 6.76. The van der Waals surface area contributed by atoms with E-state index >= 15 is 0 Å². The second-order valence-electron chi connectivity index (χ2n) is 4.62. The van der Waals surface area contributed by atoms with E-state index in [-0.39, 0.29) is 17.6 Å². The van der Waals surface area contributed by atoms with E-state index in [9.17, 15) is 4.79 Å². The largest absolute Gasteiger partial charge is 0.497 e. The molecule has 1 heterocycles. The maximum Gasteiger partial charge on any atom is 0.273 e. The number of oxazole rings is 1. The Kier molecular flexibility index (Phi) is 4.94. The topological polar surface area (TPSA) is 90.4 Å². The number of methoxy groups -OCH3 is 1. The number of aromatic nitrogens is 1. The Morgan fingerprint density at radius 1 is 1.52 bits per heavy atom. The normalized spacial score (nSPS) is 12.0. The molecule has 0 bridgehead atoms. The number of benzene rings is 1. The fraction of sp³-hybridized carbons (Fsp3) is 0.333. The number of nitrogens with zero attached hydrogens (tertiary/aromatic N) is 1. The van der Waals surface area contributed by atoms with Crippen LogP contribution in [-0.2, 0) is 6.54 Å². The van der Waals surface area contributed by atoms with Crippen LogP contribution in [-0.4, -0.2) is 18.0 Å². The second-order valence-corrected chi connectivity index (χ2v) is 4.62. The van der Waals surface area contributed by atoms with Crippen LogP contribution in [0.4, 0.5) is 0 Å². The van der Waals surface area contributed by atoms with Crippen molar-refractivity contribution < 1.29 is 13.9 Å². The lowest BCUT2D eigenvalue weighted by Gasteiger charge is -2.05. The van der Waals surface area contributed by atoms with Crippen LogP contribution in [0.5, 0.6) is 5.75 Å². The van der Waals surface area contributed by atoms with Gasteiger partial charge in [-0.2, -0.15) is 0 Å². The van der Waals surface area contributed by atoms with E-state index in [4.69, 9.17) is 14.9 Å². The van der Waals surface area contributed by atoms with Crippen molar-refractivity contribution in [3.8, 4) is 5.75 Å². The summed E-state index contributed by atoms with van der Waals surface area (Å²) in [6.07, 6.45) is 2.02. The zero-order valence-electron chi connectivity index (χ0n) is 12.1. The third-order valence-corrected chi connectivity index (χ3v) is 3.10. The highest BCUT2D eigenvalue weighted by atomic mass is 16.5. The van der Waals surface area contributed by atoms with Crippen molar-refractivity contribution in [1.82, 2.24) is 10.3 Å². The maximum atomic E-state index is 12.0. The Hall–Kier alpha value is -2.34. The summed E-state index contributed by atoms with van der Waals surface area (Å²) in [6.45, 7) is 2.31. The number of ether oxygens (including phenoxy) is 1. The molecular formula is C15H19N3O3. The van der Waals surface area contributed by atoms with Crippen molar-refractivity contribution in [3.05, 3.63) is 47.7 Å². The van der Waals surface area contributed by atoms with E-state index < -0.39 is 0 Å². The molecule has 1 unspecified atom stereocenters. The zero-order valence-corrected chi connectivity index (χ0v) is 12.1. The standard InChI is InChI=1S/C15H19N3O3/c1-3-12(16)15-18-13(9-21-15)14(19)17-8-10-5-4-6-11(7-10)20-2/h4-7,9,12H,3,8,16H2,1-2H3,(H,17,19). The van der Waals surface area contributed by atoms with E-state index in [1.165, 1.54) is 6.26 Å². The van der Waals surface area contributed by atoms with Crippen LogP contribution in [0.3, 0.4) is 0 Å². The number of hydrogen-bond donors (Lipinski definition) is 2. The molecule has 0 aliphatic rings. The Bertz CT molecular complexity index is 610. The fourth-order valence-electron chi connectivity index (χ4n) is 1.79. The van der Waals surface area contributed by atoms with Gasteiger partial charge in [0.05, 0.1) is 13.2 Å². The quantitative estimate of drug-likeness (QED) is 0.849. The first kappa shape index (κ1) is 15.1. The highest BCUT2D eigenvalue weighted by Gasteiger charge is 2.15. The molecule has 6 nitrogen and oxygen atoms in total. The van der Waals surface area contributed by atoms with Crippen LogP contribution < -0.4 is 15.8 Å². The van der Waals surface area contributed by atoms with Crippen LogP contribution in [0.2, 0.25) is 0 Å². The first-order valence-corrected chi connectivity index (χ1v) is 6.76. The lowest BCUT2D eigenvalue weighted by Crippen LogP contribution is -2.23. The third kappa shape index (κ3) is 3.82. The molecule has 1 aromatic carbocycles. The molecule has 1 aromatic heterocycles. The van der Waals surface area contributed by atoms with Gasteiger partial charge in [0.1, 0.15) is 12.0 Å². The molecular weight excluding hydrogens is 270 g/mol. The molecule has 0 fully saturated rings. The van der Waals surface area contributed by atoms with Crippen molar-refractivity contribution in [3.63, 3.8) is 0 Å². The number of nitrogens with one attached hydrogen (secondary N) is 1. The van der Waals surface area contributed by atoms with Crippen molar-refractivity contribution >= 4 is 5.91 Å². The molecule has 0 radical (unpaired) electrons. The Morgan fingerprint density at radius 2 is 2.33 bits per heavy atom. The summed E-state index contributed by atoms with van der Waals surface area (Å²) in [5.74, 6) is 0.833. The van der Waals surface area contributed by atoms with Gasteiger partial charge in [0.15, 0.2) is 5.69 Å². The molecule has 0 aliphatic heterocycles. The fourth-order valence-corrected chi connectivity index (χ4v) is 1.79. The highest BCUT2D eigenvalue weighted by molar-refractivity contribution is 5.91. The monoisotopic (exact) mass is 289 g/mol. The number of hydrogen-bond acceptors (Lipinski definition) is 5. The molecule has 0 spiro atoms. The van der Waals surface area contributed by atoms with Crippen molar-refractivity contribution in [1.29, 1.82) is 0 Å². The first-order chi connectivity index (χ1) is 10.1. The van der Waals surface area contributed by atoms with Crippen LogP contribution in [0.25, 0.3) is 0 Å². The number of carbonyl (C=O) groups excluding carboxylic acids is 1. The highest BCUT2D eigenvalue weighted by Crippen LogP contribution is 2.14. The Labute approximate surface area is 123 Å². The molecule has 0 aliphatic carbocycles. The molecule has 1 amide bonds. The van der Waals surface area contributed by atoms with E-state index in [1.54, 1.807) is 7.11 Å². The molecule has 0 saturated heterocycles. The van der Waals surface area contributed by atoms with Crippen LogP contribution in [0.1, 0.15) is 41.3 Å². The van der Waals surface area contributed by atoms with Gasteiger partial charge < -0.3 is 20.2 Å². The molecule has 2 rings (SSSR count). The van der Waals surface area contributed by atoms with Gasteiger partial charge >= 0.3 is 0 Å². The lowest BCUT2D eigenvalue weighted by molar-refractivity contribution is 0.0946. The van der Waals surface area contributed by atoms with Gasteiger partial charge in [0.25, 0.3) is 5.91 Å². The van der Waals surface area contributed by atoms with Gasteiger partial charge in [-0.25, -0.2) is 4.98 Å². The molecule has 2 aromatic rings. The van der Waals surface area contributed by atoms with E-state index in [0.717, 1.165) is 11.3 Å². The Morgan fingerprint density at radius 3 is 3.05 bits per heavy atom. The van der Waals surface area contributed by atoms with Crippen molar-refractivity contribution in [2.24, 2.45) is 5.73 Å². The molecule has 112 valence electrons. The average Bonchev–Trinajstić information content (AvgIpc) is 3.02. The maximum absolute atomic E-state index is 12.0. The summed E-state index contributed by atoms with van der Waals surface area (Å²) in [6, 6.07) is 7.20. The number of rotatable bonds is 6. The summed E-state index contributed by atoms with van der Waals surface area (Å²) in [4.78, 5) is 16.1. The van der Waals surface area contributed by atoms with Gasteiger partial charge in [0.2, 0.25) is 5.89 Å². The zero-order chi connectivity index (χ0) is 15.2. The summed E-state index contributed by atoms with van der Waals surface area (Å²) in [7, 11) is 1.60. The second kappa shape index (κ2) is 6.90. The minimum Gasteiger partial charge on any atom is -0.497 e. The summed E-state index contributed by atoms with van der Waals surface area (Å²) in [5.41, 5.74) is 6.98. The van der Waals surface area contributed by atoms with E-state index in [1.807, 2.05) is 31.2 Å². The molecule has 6 heteroatoms. The SMILES string of the molecule is CCC(N)c1nc(C(=O)NCc2cccc(OC)c2)co1. The molecule has 1 atom stereocenters. The van der Waals surface area contributed by atoms with Gasteiger partial charge in [-0.05, 0) is 24.1 Å². The minimum absolute atomic E-state index is 0.233. The number of amides is 1. The summed E-state index contributed by atoms with van der Waals surface area (Å²) < 4.78 is 10.3. The third-order valence-electron chi connectivity index (χ3n) is 3.10. The predicted octanol–water partition coefficient (Wildman–Crippen LogP) is 2.02. The average molecular weight is 289 g/mol. The number of carbonyl (C=O) groups is 1. The molecule has 0 saturated carbocycles. The van der Waals surface area contributed by atoms with Crippen LogP contribution in [0, 0.1) is 0 Å². The van der Waals surface area contributed by atoms with E-state index in [2.05, 4.69) is 10.3 Å². The van der Waals surface area contributed by atoms with Crippen molar-refractivity contribution in [2.45, 2.75) is 25.9 Å². The summed E-state index contributed by atoms with van der Waals surface area (Å²) in [5, 5.41) is 2.78. The smallest absolute Gasteiger partial charge is 0.273 e. The number of nitrogens with two attached hydrogens (primary N) is 1. The molecule has 3 N–H and O–H groups in total. The van der Waals surface area contributed by atoms with Crippen LogP contribution in [0.15, 0.2) is 34.9 Å². The van der Waals surface area contributed by atoms with Crippen molar-refractivity contribution in [2.75, 3.05) is 7.11 Å². The predicted molar refractivity (Wildman–Crippen MR) is 77.9 cm³/mol. The minimum atomic E-state index is -0.295. The molecule has 21 heavy (non-hydrogen) atoms. The lowest BCUT2D eigenvalue weighted by atomic mass is 10.2.